The van der Waals surface area contributed by atoms with Crippen LogP contribution in [0.2, 0.25) is 0 Å². The second kappa shape index (κ2) is 8.84. The van der Waals surface area contributed by atoms with Crippen LogP contribution in [0.4, 0.5) is 10.5 Å². The third-order valence-corrected chi connectivity index (χ3v) is 3.60. The lowest BCUT2D eigenvalue weighted by molar-refractivity contribution is 0.0183. The van der Waals surface area contributed by atoms with Crippen molar-refractivity contribution in [3.63, 3.8) is 0 Å². The summed E-state index contributed by atoms with van der Waals surface area (Å²) in [4.78, 5) is 22.7. The highest BCUT2D eigenvalue weighted by molar-refractivity contribution is 5.89. The topological polar surface area (TPSA) is 142 Å². The highest BCUT2D eigenvalue weighted by Crippen LogP contribution is 2.21. The van der Waals surface area contributed by atoms with Crippen molar-refractivity contribution < 1.29 is 29.6 Å². The molecule has 0 radical (unpaired) electrons. The highest BCUT2D eigenvalue weighted by Gasteiger charge is 2.21. The SMILES string of the molecule is Nc1cc(C(=O)O)cc(C(O)C(O)CNC(=O)OCc2ccccc2)c1. The molecule has 0 aliphatic heterocycles. The minimum absolute atomic E-state index is 0.0719. The van der Waals surface area contributed by atoms with Gasteiger partial charge in [0.1, 0.15) is 18.8 Å². The Morgan fingerprint density at radius 1 is 1.12 bits per heavy atom. The van der Waals surface area contributed by atoms with Crippen LogP contribution < -0.4 is 11.1 Å². The normalized spacial score (nSPS) is 12.8. The maximum atomic E-state index is 11.7. The van der Waals surface area contributed by atoms with Crippen molar-refractivity contribution in [3.05, 3.63) is 65.2 Å². The van der Waals surface area contributed by atoms with Gasteiger partial charge < -0.3 is 31.1 Å². The molecule has 0 aliphatic carbocycles. The predicted molar refractivity (Wildman–Crippen MR) is 93.4 cm³/mol. The van der Waals surface area contributed by atoms with Crippen molar-refractivity contribution in [2.45, 2.75) is 18.8 Å². The van der Waals surface area contributed by atoms with Gasteiger partial charge in [-0.3, -0.25) is 0 Å². The van der Waals surface area contributed by atoms with E-state index in [-0.39, 0.29) is 30.0 Å². The number of amides is 1. The lowest BCUT2D eigenvalue weighted by Gasteiger charge is -2.19. The molecule has 2 aromatic carbocycles. The van der Waals surface area contributed by atoms with E-state index in [9.17, 15) is 19.8 Å². The number of carbonyl (C=O) groups excluding carboxylic acids is 1. The van der Waals surface area contributed by atoms with Crippen molar-refractivity contribution in [2.75, 3.05) is 12.3 Å². The lowest BCUT2D eigenvalue weighted by Crippen LogP contribution is -2.35. The van der Waals surface area contributed by atoms with E-state index in [1.54, 1.807) is 12.1 Å². The van der Waals surface area contributed by atoms with Crippen molar-refractivity contribution in [3.8, 4) is 0 Å². The van der Waals surface area contributed by atoms with E-state index in [1.165, 1.54) is 18.2 Å². The van der Waals surface area contributed by atoms with Gasteiger partial charge in [0.15, 0.2) is 0 Å². The van der Waals surface area contributed by atoms with Gasteiger partial charge in [0.05, 0.1) is 5.56 Å². The van der Waals surface area contributed by atoms with Gasteiger partial charge in [-0.25, -0.2) is 9.59 Å². The van der Waals surface area contributed by atoms with Crippen LogP contribution in [-0.4, -0.2) is 40.0 Å². The van der Waals surface area contributed by atoms with Crippen molar-refractivity contribution >= 4 is 17.7 Å². The molecule has 6 N–H and O–H groups in total. The molecule has 2 aromatic rings. The summed E-state index contributed by atoms with van der Waals surface area (Å²) >= 11 is 0. The molecule has 2 atom stereocenters. The number of nitrogen functional groups attached to an aromatic ring is 1. The number of aliphatic hydroxyl groups is 2. The fourth-order valence-electron chi connectivity index (χ4n) is 2.27. The molecule has 2 unspecified atom stereocenters. The summed E-state index contributed by atoms with van der Waals surface area (Å²) in [5, 5.41) is 31.5. The van der Waals surface area contributed by atoms with Crippen LogP contribution in [-0.2, 0) is 11.3 Å². The van der Waals surface area contributed by atoms with Gasteiger partial charge in [0, 0.05) is 12.2 Å². The number of benzene rings is 2. The van der Waals surface area contributed by atoms with Crippen LogP contribution >= 0.6 is 0 Å². The van der Waals surface area contributed by atoms with Crippen LogP contribution in [0.25, 0.3) is 0 Å². The van der Waals surface area contributed by atoms with E-state index < -0.39 is 24.3 Å². The quantitative estimate of drug-likeness (QED) is 0.468. The number of nitrogens with one attached hydrogen (secondary N) is 1. The van der Waals surface area contributed by atoms with Crippen molar-refractivity contribution in [1.29, 1.82) is 0 Å². The Kier molecular flexibility index (Phi) is 6.54. The Bertz CT molecular complexity index is 766. The number of hydrogen-bond acceptors (Lipinski definition) is 6. The minimum Gasteiger partial charge on any atom is -0.478 e. The highest BCUT2D eigenvalue weighted by atomic mass is 16.5. The standard InChI is InChI=1S/C18H20N2O6/c19-14-7-12(6-13(8-14)17(23)24)16(22)15(21)9-20-18(25)26-10-11-4-2-1-3-5-11/h1-8,15-16,21-22H,9-10,19H2,(H,20,25)(H,23,24). The molecule has 0 heterocycles. The fourth-order valence-corrected chi connectivity index (χ4v) is 2.27. The first kappa shape index (κ1) is 19.2. The van der Waals surface area contributed by atoms with Crippen LogP contribution in [0.3, 0.4) is 0 Å². The maximum Gasteiger partial charge on any atom is 0.407 e. The number of rotatable bonds is 7. The predicted octanol–water partition coefficient (Wildman–Crippen LogP) is 1.29. The fraction of sp³-hybridized carbons (Fsp3) is 0.222. The molecule has 8 nitrogen and oxygen atoms in total. The summed E-state index contributed by atoms with van der Waals surface area (Å²) in [7, 11) is 0. The maximum absolute atomic E-state index is 11.7. The molecule has 0 aliphatic rings. The number of aliphatic hydroxyl groups excluding tert-OH is 2. The summed E-state index contributed by atoms with van der Waals surface area (Å²) in [6, 6.07) is 12.9. The third-order valence-electron chi connectivity index (χ3n) is 3.60. The Labute approximate surface area is 149 Å². The molecule has 0 bridgehead atoms. The van der Waals surface area contributed by atoms with E-state index in [2.05, 4.69) is 5.32 Å². The second-order valence-electron chi connectivity index (χ2n) is 5.65. The number of ether oxygens (including phenoxy) is 1. The third kappa shape index (κ3) is 5.47. The van der Waals surface area contributed by atoms with E-state index in [0.717, 1.165) is 5.56 Å². The van der Waals surface area contributed by atoms with Gasteiger partial charge in [0.25, 0.3) is 0 Å². The lowest BCUT2D eigenvalue weighted by atomic mass is 10.0. The second-order valence-corrected chi connectivity index (χ2v) is 5.65. The molecule has 8 heteroatoms. The smallest absolute Gasteiger partial charge is 0.407 e. The van der Waals surface area contributed by atoms with Gasteiger partial charge >= 0.3 is 12.1 Å². The molecular weight excluding hydrogens is 340 g/mol. The summed E-state index contributed by atoms with van der Waals surface area (Å²) < 4.78 is 4.99. The van der Waals surface area contributed by atoms with E-state index in [4.69, 9.17) is 15.6 Å². The molecule has 0 aromatic heterocycles. The van der Waals surface area contributed by atoms with E-state index in [0.29, 0.717) is 0 Å². The number of nitrogens with two attached hydrogens (primary N) is 1. The van der Waals surface area contributed by atoms with Gasteiger partial charge in [-0.2, -0.15) is 0 Å². The Morgan fingerprint density at radius 3 is 2.46 bits per heavy atom. The number of carboxylic acids is 1. The number of aromatic carboxylic acids is 1. The largest absolute Gasteiger partial charge is 0.478 e. The molecule has 0 spiro atoms. The molecule has 1 amide bonds. The number of hydrogen-bond donors (Lipinski definition) is 5. The molecular formula is C18H20N2O6. The number of carboxylic acid groups (broad SMARTS) is 1. The van der Waals surface area contributed by atoms with E-state index >= 15 is 0 Å². The average Bonchev–Trinajstić information content (AvgIpc) is 2.64. The molecule has 26 heavy (non-hydrogen) atoms. The van der Waals surface area contributed by atoms with Crippen molar-refractivity contribution in [1.82, 2.24) is 5.32 Å². The monoisotopic (exact) mass is 360 g/mol. The van der Waals surface area contributed by atoms with Gasteiger partial charge in [-0.1, -0.05) is 30.3 Å². The average molecular weight is 360 g/mol. The van der Waals surface area contributed by atoms with Crippen LogP contribution in [0.5, 0.6) is 0 Å². The first-order chi connectivity index (χ1) is 12.4. The van der Waals surface area contributed by atoms with Gasteiger partial charge in [0.2, 0.25) is 0 Å². The van der Waals surface area contributed by atoms with Crippen LogP contribution in [0.1, 0.15) is 27.6 Å². The van der Waals surface area contributed by atoms with Crippen LogP contribution in [0, 0.1) is 0 Å². The molecule has 138 valence electrons. The van der Waals surface area contributed by atoms with Crippen LogP contribution in [0.15, 0.2) is 48.5 Å². The Morgan fingerprint density at radius 2 is 1.81 bits per heavy atom. The first-order valence-electron chi connectivity index (χ1n) is 7.81. The Balaban J connectivity index is 1.87. The Hall–Kier alpha value is -3.10. The first-order valence-corrected chi connectivity index (χ1v) is 7.81. The summed E-state index contributed by atoms with van der Waals surface area (Å²) in [6.45, 7) is -0.214. The number of alkyl carbamates (subject to hydrolysis) is 1. The zero-order valence-corrected chi connectivity index (χ0v) is 13.8. The van der Waals surface area contributed by atoms with Gasteiger partial charge in [-0.05, 0) is 29.3 Å². The van der Waals surface area contributed by atoms with Crippen molar-refractivity contribution in [2.24, 2.45) is 0 Å². The molecule has 0 saturated heterocycles. The summed E-state index contributed by atoms with van der Waals surface area (Å²) in [5.41, 5.74) is 6.58. The zero-order valence-electron chi connectivity index (χ0n) is 13.8. The summed E-state index contributed by atoms with van der Waals surface area (Å²) in [6.07, 6.45) is -3.55. The minimum atomic E-state index is -1.42. The number of carbonyl (C=O) groups is 2. The molecule has 0 saturated carbocycles. The molecule has 2 rings (SSSR count). The number of anilines is 1. The molecule has 0 fully saturated rings. The van der Waals surface area contributed by atoms with Gasteiger partial charge in [-0.15, -0.1) is 0 Å². The summed E-state index contributed by atoms with van der Waals surface area (Å²) in [5.74, 6) is -1.21. The van der Waals surface area contributed by atoms with E-state index in [1.807, 2.05) is 18.2 Å². The zero-order chi connectivity index (χ0) is 19.1.